The van der Waals surface area contributed by atoms with Gasteiger partial charge in [-0.05, 0) is 36.2 Å². The maximum Gasteiger partial charge on any atom is 0.195 e. The van der Waals surface area contributed by atoms with Gasteiger partial charge in [0.05, 0.1) is 12.3 Å². The van der Waals surface area contributed by atoms with E-state index in [-0.39, 0.29) is 11.9 Å². The Morgan fingerprint density at radius 2 is 2.04 bits per heavy atom. The van der Waals surface area contributed by atoms with E-state index in [0.717, 1.165) is 37.2 Å². The van der Waals surface area contributed by atoms with E-state index >= 15 is 0 Å². The van der Waals surface area contributed by atoms with Crippen molar-refractivity contribution in [3.05, 3.63) is 72.0 Å². The summed E-state index contributed by atoms with van der Waals surface area (Å²) >= 11 is 0. The number of aromatic nitrogens is 2. The molecule has 0 aliphatic carbocycles. The van der Waals surface area contributed by atoms with Crippen LogP contribution in [0.15, 0.2) is 59.5 Å². The average Bonchev–Trinajstić information content (AvgIpc) is 3.38. The number of hydrogen-bond donors (Lipinski definition) is 2. The molecule has 5 rings (SSSR count). The number of nitrogens with zero attached hydrogens (tertiary/aromatic N) is 3. The van der Waals surface area contributed by atoms with Crippen LogP contribution >= 0.6 is 0 Å². The molecule has 144 valence electrons. The second-order valence-corrected chi connectivity index (χ2v) is 7.51. The number of piperidine rings is 1. The lowest BCUT2D eigenvalue weighted by molar-refractivity contribution is 0.148. The molecule has 0 bridgehead atoms. The highest BCUT2D eigenvalue weighted by Gasteiger charge is 2.40. The fraction of sp³-hybridized carbons (Fsp3) is 0.333. The molecular weight excluding hydrogens is 357 g/mol. The monoisotopic (exact) mass is 379 g/mol. The van der Waals surface area contributed by atoms with Crippen LogP contribution in [0.25, 0.3) is 11.6 Å². The molecule has 4 heterocycles. The fourth-order valence-electron chi connectivity index (χ4n) is 4.28. The molecule has 2 aliphatic heterocycles. The van der Waals surface area contributed by atoms with Gasteiger partial charge < -0.3 is 4.42 Å². The Labute approximate surface area is 162 Å². The quantitative estimate of drug-likeness (QED) is 0.727. The Kier molecular flexibility index (Phi) is 4.64. The van der Waals surface area contributed by atoms with E-state index < -0.39 is 0 Å². The molecule has 2 saturated heterocycles. The number of furan rings is 1. The minimum absolute atomic E-state index is 0.112. The lowest BCUT2D eigenvalue weighted by atomic mass is 9.85. The molecule has 7 heteroatoms. The summed E-state index contributed by atoms with van der Waals surface area (Å²) in [7, 11) is 0. The molecular formula is C21H22FN5O. The molecule has 6 nitrogen and oxygen atoms in total. The third-order valence-electron chi connectivity index (χ3n) is 5.66. The summed E-state index contributed by atoms with van der Waals surface area (Å²) in [5, 5.41) is 0. The molecule has 1 aromatic carbocycles. The zero-order chi connectivity index (χ0) is 18.9. The van der Waals surface area contributed by atoms with Crippen molar-refractivity contribution in [1.29, 1.82) is 0 Å². The van der Waals surface area contributed by atoms with Gasteiger partial charge in [0.25, 0.3) is 0 Å². The lowest BCUT2D eigenvalue weighted by Crippen LogP contribution is -2.45. The molecule has 3 unspecified atom stereocenters. The van der Waals surface area contributed by atoms with Crippen molar-refractivity contribution in [2.45, 2.75) is 25.0 Å². The maximum atomic E-state index is 13.7. The number of likely N-dealkylation sites (tertiary alicyclic amines) is 1. The second-order valence-electron chi connectivity index (χ2n) is 7.51. The van der Waals surface area contributed by atoms with Crippen LogP contribution in [0.4, 0.5) is 4.39 Å². The van der Waals surface area contributed by atoms with Gasteiger partial charge in [0, 0.05) is 49.6 Å². The Hall–Kier alpha value is -2.61. The summed E-state index contributed by atoms with van der Waals surface area (Å²) in [4.78, 5) is 11.3. The van der Waals surface area contributed by atoms with Gasteiger partial charge >= 0.3 is 0 Å². The SMILES string of the molecule is Fc1cccc(C2NNC3CCN(Cc4cnc(-c5ccco5)nc4)CC32)c1. The van der Waals surface area contributed by atoms with Gasteiger partial charge in [0.2, 0.25) is 0 Å². The van der Waals surface area contributed by atoms with Gasteiger partial charge in [-0.15, -0.1) is 0 Å². The summed E-state index contributed by atoms with van der Waals surface area (Å²) in [6, 6.07) is 11.1. The first-order chi connectivity index (χ1) is 13.8. The predicted molar refractivity (Wildman–Crippen MR) is 102 cm³/mol. The number of fused-ring (bicyclic) bond motifs is 1. The van der Waals surface area contributed by atoms with Gasteiger partial charge in [-0.3, -0.25) is 10.3 Å². The van der Waals surface area contributed by atoms with E-state index in [1.165, 1.54) is 6.07 Å². The topological polar surface area (TPSA) is 66.2 Å². The highest BCUT2D eigenvalue weighted by molar-refractivity contribution is 5.45. The van der Waals surface area contributed by atoms with Gasteiger partial charge in [-0.2, -0.15) is 0 Å². The number of hydrazine groups is 1. The molecule has 3 atom stereocenters. The molecule has 0 radical (unpaired) electrons. The van der Waals surface area contributed by atoms with Gasteiger partial charge in [-0.25, -0.2) is 19.8 Å². The fourth-order valence-corrected chi connectivity index (χ4v) is 4.28. The van der Waals surface area contributed by atoms with Crippen LogP contribution < -0.4 is 10.9 Å². The number of halogens is 1. The largest absolute Gasteiger partial charge is 0.461 e. The van der Waals surface area contributed by atoms with E-state index in [1.807, 2.05) is 30.6 Å². The summed E-state index contributed by atoms with van der Waals surface area (Å²) < 4.78 is 19.0. The molecule has 2 fully saturated rings. The Morgan fingerprint density at radius 1 is 1.14 bits per heavy atom. The first-order valence-corrected chi connectivity index (χ1v) is 9.60. The summed E-state index contributed by atoms with van der Waals surface area (Å²) in [6.07, 6.45) is 6.41. The highest BCUT2D eigenvalue weighted by Crippen LogP contribution is 2.34. The van der Waals surface area contributed by atoms with E-state index in [4.69, 9.17) is 4.42 Å². The first kappa shape index (κ1) is 17.5. The van der Waals surface area contributed by atoms with E-state index in [0.29, 0.717) is 23.5 Å². The summed E-state index contributed by atoms with van der Waals surface area (Å²) in [5.74, 6) is 1.47. The van der Waals surface area contributed by atoms with Crippen molar-refractivity contribution in [3.8, 4) is 11.6 Å². The molecule has 2 aliphatic rings. The standard InChI is InChI=1S/C21H22FN5O/c22-16-4-1-3-15(9-16)20-17-13-27(7-6-18(17)25-26-20)12-14-10-23-21(24-11-14)19-5-2-8-28-19/h1-5,8-11,17-18,20,25-26H,6-7,12-13H2. The zero-order valence-electron chi connectivity index (χ0n) is 15.4. The number of benzene rings is 1. The second kappa shape index (κ2) is 7.43. The molecule has 0 spiro atoms. The highest BCUT2D eigenvalue weighted by atomic mass is 19.1. The minimum atomic E-state index is -0.191. The summed E-state index contributed by atoms with van der Waals surface area (Å²) in [6.45, 7) is 2.75. The van der Waals surface area contributed by atoms with E-state index in [9.17, 15) is 4.39 Å². The molecule has 2 aromatic heterocycles. The van der Waals surface area contributed by atoms with Crippen LogP contribution in [0.5, 0.6) is 0 Å². The van der Waals surface area contributed by atoms with Gasteiger partial charge in [0.15, 0.2) is 11.6 Å². The van der Waals surface area contributed by atoms with Crippen molar-refractivity contribution < 1.29 is 8.81 Å². The smallest absolute Gasteiger partial charge is 0.195 e. The van der Waals surface area contributed by atoms with Gasteiger partial charge in [0.1, 0.15) is 5.82 Å². The zero-order valence-corrected chi connectivity index (χ0v) is 15.4. The molecule has 0 amide bonds. The third kappa shape index (κ3) is 3.44. The van der Waals surface area contributed by atoms with Crippen LogP contribution in [-0.2, 0) is 6.54 Å². The van der Waals surface area contributed by atoms with Crippen molar-refractivity contribution >= 4 is 0 Å². The predicted octanol–water partition coefficient (Wildman–Crippen LogP) is 2.92. The van der Waals surface area contributed by atoms with Crippen LogP contribution in [0.3, 0.4) is 0 Å². The van der Waals surface area contributed by atoms with Crippen LogP contribution in [-0.4, -0.2) is 34.0 Å². The Balaban J connectivity index is 1.27. The third-order valence-corrected chi connectivity index (χ3v) is 5.66. The Bertz CT molecular complexity index is 930. The Morgan fingerprint density at radius 3 is 2.82 bits per heavy atom. The van der Waals surface area contributed by atoms with Crippen LogP contribution in [0.1, 0.15) is 23.6 Å². The lowest BCUT2D eigenvalue weighted by Gasteiger charge is -2.36. The van der Waals surface area contributed by atoms with Crippen molar-refractivity contribution in [2.75, 3.05) is 13.1 Å². The number of rotatable bonds is 4. The van der Waals surface area contributed by atoms with Crippen molar-refractivity contribution in [3.63, 3.8) is 0 Å². The first-order valence-electron chi connectivity index (χ1n) is 9.60. The number of nitrogens with one attached hydrogen (secondary N) is 2. The molecule has 0 saturated carbocycles. The molecule has 28 heavy (non-hydrogen) atoms. The van der Waals surface area contributed by atoms with E-state index in [2.05, 4.69) is 25.7 Å². The van der Waals surface area contributed by atoms with Gasteiger partial charge in [-0.1, -0.05) is 12.1 Å². The van der Waals surface area contributed by atoms with Crippen molar-refractivity contribution in [1.82, 2.24) is 25.7 Å². The number of hydrogen-bond acceptors (Lipinski definition) is 6. The molecule has 2 N–H and O–H groups in total. The average molecular weight is 379 g/mol. The minimum Gasteiger partial charge on any atom is -0.461 e. The van der Waals surface area contributed by atoms with Crippen molar-refractivity contribution in [2.24, 2.45) is 5.92 Å². The summed E-state index contributed by atoms with van der Waals surface area (Å²) in [5.41, 5.74) is 8.84. The maximum absolute atomic E-state index is 13.7. The normalized spacial score (nSPS) is 25.0. The van der Waals surface area contributed by atoms with E-state index in [1.54, 1.807) is 18.4 Å². The van der Waals surface area contributed by atoms with Crippen LogP contribution in [0.2, 0.25) is 0 Å². The molecule has 3 aromatic rings. The van der Waals surface area contributed by atoms with Crippen LogP contribution in [0, 0.1) is 11.7 Å².